The zero-order valence-corrected chi connectivity index (χ0v) is 29.7. The van der Waals surface area contributed by atoms with Gasteiger partial charge in [-0.3, -0.25) is 18.5 Å². The molecule has 54 heavy (non-hydrogen) atoms. The largest absolute Gasteiger partial charge is 0.505 e. The van der Waals surface area contributed by atoms with Crippen molar-refractivity contribution >= 4 is 86.5 Å². The van der Waals surface area contributed by atoms with Crippen LogP contribution in [0.1, 0.15) is 21.6 Å². The van der Waals surface area contributed by atoms with E-state index >= 15 is 0 Å². The van der Waals surface area contributed by atoms with Crippen molar-refractivity contribution in [3.8, 4) is 5.75 Å². The van der Waals surface area contributed by atoms with Crippen LogP contribution in [0.25, 0.3) is 21.5 Å². The monoisotopic (exact) mass is 819 g/mol. The van der Waals surface area contributed by atoms with Gasteiger partial charge in [0.15, 0.2) is 5.75 Å². The highest BCUT2D eigenvalue weighted by Gasteiger charge is 2.27. The number of nitrogens with one attached hydrogen (secondary N) is 1. The standard InChI is InChI=1S/C32H20ClF2N5O11S3/c33-26-23(37-32(35)38-30(26)34)11-15-4-3-6-17(10-15)31(42)36-22-14-19(52(43,44)45)12-18-13-24(53(46,47)48)27(28(41)25(18)22)40-39-21-9-8-16-5-1-2-7-20(16)29(21)54(49,50)51/h1-10,12-14,41H,11H2,(H,36,42)(H,43,44,45)(H,46,47,48)(H,49,50,51). The summed E-state index contributed by atoms with van der Waals surface area (Å²) in [5.41, 5.74) is -2.23. The van der Waals surface area contributed by atoms with Crippen LogP contribution in [-0.4, -0.2) is 59.9 Å². The molecule has 0 aliphatic carbocycles. The lowest BCUT2D eigenvalue weighted by molar-refractivity contribution is 0.102. The number of aromatic hydroxyl groups is 1. The third kappa shape index (κ3) is 7.72. The average molecular weight is 820 g/mol. The number of carbonyl (C=O) groups is 1. The summed E-state index contributed by atoms with van der Waals surface area (Å²) in [5.74, 6) is -3.44. The van der Waals surface area contributed by atoms with Crippen molar-refractivity contribution in [3.63, 3.8) is 0 Å². The van der Waals surface area contributed by atoms with E-state index < -0.39 is 102 Å². The lowest BCUT2D eigenvalue weighted by Gasteiger charge is -2.15. The maximum Gasteiger partial charge on any atom is 0.311 e. The first kappa shape index (κ1) is 38.2. The molecule has 5 aromatic carbocycles. The van der Waals surface area contributed by atoms with Gasteiger partial charge in [0, 0.05) is 22.8 Å². The van der Waals surface area contributed by atoms with Crippen molar-refractivity contribution in [1.82, 2.24) is 9.97 Å². The number of fused-ring (bicyclic) bond motifs is 2. The Morgan fingerprint density at radius 1 is 0.796 bits per heavy atom. The van der Waals surface area contributed by atoms with Crippen LogP contribution in [0.2, 0.25) is 5.02 Å². The molecule has 0 aliphatic heterocycles. The van der Waals surface area contributed by atoms with Crippen molar-refractivity contribution < 1.29 is 57.6 Å². The highest BCUT2D eigenvalue weighted by Crippen LogP contribution is 2.46. The number of phenolic OH excluding ortho intramolecular Hbond substituents is 1. The van der Waals surface area contributed by atoms with Crippen molar-refractivity contribution in [2.45, 2.75) is 21.1 Å². The molecule has 1 aromatic heterocycles. The molecule has 0 saturated carbocycles. The lowest BCUT2D eigenvalue weighted by atomic mass is 10.0. The molecule has 0 radical (unpaired) electrons. The topological polar surface area (TPSA) is 263 Å². The minimum Gasteiger partial charge on any atom is -0.505 e. The molecule has 0 atom stereocenters. The summed E-state index contributed by atoms with van der Waals surface area (Å²) >= 11 is 5.86. The maximum atomic E-state index is 13.9. The number of anilines is 1. The first-order valence-electron chi connectivity index (χ1n) is 14.7. The van der Waals surface area contributed by atoms with E-state index in [0.29, 0.717) is 23.6 Å². The van der Waals surface area contributed by atoms with Gasteiger partial charge in [-0.2, -0.15) is 39.0 Å². The summed E-state index contributed by atoms with van der Waals surface area (Å²) < 4.78 is 132. The molecule has 1 heterocycles. The van der Waals surface area contributed by atoms with Gasteiger partial charge in [0.1, 0.15) is 26.2 Å². The van der Waals surface area contributed by atoms with Gasteiger partial charge < -0.3 is 10.4 Å². The Bertz CT molecular complexity index is 2950. The zero-order chi connectivity index (χ0) is 39.3. The molecule has 1 amide bonds. The Kier molecular flexibility index (Phi) is 9.91. The van der Waals surface area contributed by atoms with Crippen LogP contribution in [0.4, 0.5) is 25.8 Å². The highest BCUT2D eigenvalue weighted by molar-refractivity contribution is 7.86. The Morgan fingerprint density at radius 3 is 2.20 bits per heavy atom. The number of carbonyl (C=O) groups excluding carboxylic acids is 1. The van der Waals surface area contributed by atoms with E-state index in [9.17, 15) is 57.6 Å². The fourth-order valence-electron chi connectivity index (χ4n) is 5.45. The Labute approximate surface area is 308 Å². The lowest BCUT2D eigenvalue weighted by Crippen LogP contribution is -2.13. The summed E-state index contributed by atoms with van der Waals surface area (Å²) in [7, 11) is -15.4. The van der Waals surface area contributed by atoms with Gasteiger partial charge in [0.05, 0.1) is 16.3 Å². The molecular weight excluding hydrogens is 800 g/mol. The zero-order valence-electron chi connectivity index (χ0n) is 26.5. The van der Waals surface area contributed by atoms with E-state index in [1.165, 1.54) is 48.5 Å². The van der Waals surface area contributed by atoms with Crippen LogP contribution < -0.4 is 5.32 Å². The fraction of sp³-hybridized carbons (Fsp3) is 0.0312. The van der Waals surface area contributed by atoms with E-state index in [1.807, 2.05) is 0 Å². The van der Waals surface area contributed by atoms with Crippen molar-refractivity contribution in [1.29, 1.82) is 0 Å². The first-order chi connectivity index (χ1) is 25.2. The molecule has 5 N–H and O–H groups in total. The van der Waals surface area contributed by atoms with Gasteiger partial charge in [-0.05, 0) is 52.7 Å². The SMILES string of the molecule is O=C(Nc1cc(S(=O)(=O)O)cc2cc(S(=O)(=O)O)c(N=Nc3ccc4ccccc4c3S(=O)(=O)O)c(O)c12)c1cccc(Cc2nc(F)nc(F)c2Cl)c1. The number of halogens is 3. The third-order valence-electron chi connectivity index (χ3n) is 7.73. The number of hydrogen-bond acceptors (Lipinski definition) is 12. The normalized spacial score (nSPS) is 12.5. The van der Waals surface area contributed by atoms with E-state index in [4.69, 9.17) is 11.6 Å². The number of hydrogen-bond donors (Lipinski definition) is 5. The minimum absolute atomic E-state index is 0.000427. The molecule has 0 spiro atoms. The van der Waals surface area contributed by atoms with Crippen molar-refractivity contribution in [3.05, 3.63) is 113 Å². The summed E-state index contributed by atoms with van der Waals surface area (Å²) in [4.78, 5) is 17.1. The molecule has 278 valence electrons. The molecule has 16 nitrogen and oxygen atoms in total. The third-order valence-corrected chi connectivity index (χ3v) is 10.8. The quantitative estimate of drug-likeness (QED) is 0.0457. The van der Waals surface area contributed by atoms with E-state index in [0.717, 1.165) is 6.07 Å². The van der Waals surface area contributed by atoms with E-state index in [2.05, 4.69) is 25.5 Å². The predicted octanol–water partition coefficient (Wildman–Crippen LogP) is 6.42. The van der Waals surface area contributed by atoms with Gasteiger partial charge in [-0.25, -0.2) is 4.98 Å². The second kappa shape index (κ2) is 14.0. The fourth-order valence-corrected chi connectivity index (χ4v) is 7.64. The first-order valence-corrected chi connectivity index (χ1v) is 19.4. The van der Waals surface area contributed by atoms with Crippen molar-refractivity contribution in [2.75, 3.05) is 5.32 Å². The molecule has 0 bridgehead atoms. The number of azo groups is 1. The molecule has 0 saturated heterocycles. The summed E-state index contributed by atoms with van der Waals surface area (Å²) in [5, 5.41) is 20.1. The number of amides is 1. The Hall–Kier alpha value is -5.55. The number of rotatable bonds is 9. The molecular formula is C32H20ClF2N5O11S3. The van der Waals surface area contributed by atoms with Crippen LogP contribution in [-0.2, 0) is 36.8 Å². The Balaban J connectivity index is 1.50. The number of nitrogens with zero attached hydrogens (tertiary/aromatic N) is 4. The van der Waals surface area contributed by atoms with Crippen LogP contribution in [0, 0.1) is 12.0 Å². The number of benzene rings is 5. The number of phenols is 1. The molecule has 6 aromatic rings. The van der Waals surface area contributed by atoms with Gasteiger partial charge in [0.2, 0.25) is 5.95 Å². The van der Waals surface area contributed by atoms with E-state index in [1.54, 1.807) is 6.07 Å². The number of aromatic nitrogens is 2. The summed E-state index contributed by atoms with van der Waals surface area (Å²) in [6.07, 6.45) is -1.67. The van der Waals surface area contributed by atoms with E-state index in [-0.39, 0.29) is 28.6 Å². The van der Waals surface area contributed by atoms with Crippen LogP contribution >= 0.6 is 11.6 Å². The molecule has 0 unspecified atom stereocenters. The summed E-state index contributed by atoms with van der Waals surface area (Å²) in [6.45, 7) is 0. The van der Waals surface area contributed by atoms with Gasteiger partial charge in [0.25, 0.3) is 36.3 Å². The average Bonchev–Trinajstić information content (AvgIpc) is 3.08. The van der Waals surface area contributed by atoms with Gasteiger partial charge >= 0.3 is 6.08 Å². The molecule has 22 heteroatoms. The van der Waals surface area contributed by atoms with Crippen LogP contribution in [0.5, 0.6) is 5.75 Å². The molecule has 6 rings (SSSR count). The van der Waals surface area contributed by atoms with Crippen LogP contribution in [0.15, 0.2) is 104 Å². The smallest absolute Gasteiger partial charge is 0.311 e. The van der Waals surface area contributed by atoms with Crippen molar-refractivity contribution in [2.24, 2.45) is 10.2 Å². The minimum atomic E-state index is -5.34. The molecule has 0 aliphatic rings. The van der Waals surface area contributed by atoms with Gasteiger partial charge in [-0.1, -0.05) is 54.1 Å². The maximum absolute atomic E-state index is 13.9. The Morgan fingerprint density at radius 2 is 1.52 bits per heavy atom. The van der Waals surface area contributed by atoms with Gasteiger partial charge in [-0.15, -0.1) is 10.2 Å². The second-order valence-corrected chi connectivity index (χ2v) is 15.8. The predicted molar refractivity (Wildman–Crippen MR) is 187 cm³/mol. The second-order valence-electron chi connectivity index (χ2n) is 11.3. The molecule has 0 fully saturated rings. The highest BCUT2D eigenvalue weighted by atomic mass is 35.5. The summed E-state index contributed by atoms with van der Waals surface area (Å²) in [6, 6.07) is 15.9. The van der Waals surface area contributed by atoms with Crippen LogP contribution in [0.3, 0.4) is 0 Å².